The van der Waals surface area contributed by atoms with E-state index in [2.05, 4.69) is 10.2 Å². The van der Waals surface area contributed by atoms with Gasteiger partial charge in [0.25, 0.3) is 5.56 Å². The van der Waals surface area contributed by atoms with Crippen molar-refractivity contribution >= 4 is 16.5 Å². The SMILES string of the molecule is O=c1c2ccc(OC[C@H]3CCCO3)cc2ccn1-c1ccc(N2CCC(NC3CC3)C2)c(F)c1. The molecule has 3 fully saturated rings. The molecule has 1 unspecified atom stereocenters. The number of hydrogen-bond acceptors (Lipinski definition) is 5. The molecule has 0 amide bonds. The van der Waals surface area contributed by atoms with Crippen LogP contribution in [0.3, 0.4) is 0 Å². The molecule has 0 bridgehead atoms. The molecule has 0 spiro atoms. The summed E-state index contributed by atoms with van der Waals surface area (Å²) in [5, 5.41) is 5.01. The number of ether oxygens (including phenoxy) is 2. The third-order valence-corrected chi connectivity index (χ3v) is 7.12. The van der Waals surface area contributed by atoms with Crippen molar-refractivity contribution in [2.45, 2.75) is 50.3 Å². The Bertz CT molecular complexity index is 1250. The Labute approximate surface area is 198 Å². The Hall–Kier alpha value is -2.90. The number of benzene rings is 2. The lowest BCUT2D eigenvalue weighted by molar-refractivity contribution is 0.0680. The number of pyridine rings is 1. The van der Waals surface area contributed by atoms with E-state index in [1.165, 1.54) is 23.5 Å². The molecule has 3 aliphatic rings. The van der Waals surface area contributed by atoms with Crippen molar-refractivity contribution in [3.8, 4) is 11.4 Å². The van der Waals surface area contributed by atoms with Crippen LogP contribution in [-0.4, -0.2) is 49.1 Å². The van der Waals surface area contributed by atoms with Gasteiger partial charge in [0.15, 0.2) is 0 Å². The number of nitrogens with zero attached hydrogens (tertiary/aromatic N) is 2. The Morgan fingerprint density at radius 2 is 1.97 bits per heavy atom. The van der Waals surface area contributed by atoms with Crippen molar-refractivity contribution in [1.29, 1.82) is 0 Å². The number of aromatic nitrogens is 1. The zero-order chi connectivity index (χ0) is 23.1. The highest BCUT2D eigenvalue weighted by Crippen LogP contribution is 2.28. The van der Waals surface area contributed by atoms with Crippen LogP contribution in [0.4, 0.5) is 10.1 Å². The monoisotopic (exact) mass is 463 g/mol. The highest BCUT2D eigenvalue weighted by molar-refractivity contribution is 5.83. The van der Waals surface area contributed by atoms with Gasteiger partial charge in [-0.25, -0.2) is 4.39 Å². The van der Waals surface area contributed by atoms with Gasteiger partial charge in [-0.3, -0.25) is 9.36 Å². The first-order valence-corrected chi connectivity index (χ1v) is 12.3. The molecule has 34 heavy (non-hydrogen) atoms. The summed E-state index contributed by atoms with van der Waals surface area (Å²) >= 11 is 0. The van der Waals surface area contributed by atoms with E-state index in [9.17, 15) is 4.79 Å². The second kappa shape index (κ2) is 9.04. The number of hydrogen-bond donors (Lipinski definition) is 1. The van der Waals surface area contributed by atoms with Crippen molar-refractivity contribution in [3.05, 3.63) is 64.8 Å². The molecule has 3 heterocycles. The van der Waals surface area contributed by atoms with E-state index in [1.807, 2.05) is 24.3 Å². The van der Waals surface area contributed by atoms with E-state index in [0.717, 1.165) is 50.1 Å². The summed E-state index contributed by atoms with van der Waals surface area (Å²) in [5.41, 5.74) is 0.953. The van der Waals surface area contributed by atoms with Crippen molar-refractivity contribution in [1.82, 2.24) is 9.88 Å². The van der Waals surface area contributed by atoms with E-state index in [0.29, 0.717) is 35.5 Å². The molecule has 6 nitrogen and oxygen atoms in total. The number of rotatable bonds is 7. The Balaban J connectivity index is 1.20. The molecule has 2 aromatic carbocycles. The quantitative estimate of drug-likeness (QED) is 0.574. The van der Waals surface area contributed by atoms with E-state index < -0.39 is 0 Å². The van der Waals surface area contributed by atoms with Crippen LogP contribution in [-0.2, 0) is 4.74 Å². The van der Waals surface area contributed by atoms with Gasteiger partial charge in [0.1, 0.15) is 18.2 Å². The Morgan fingerprint density at radius 3 is 2.76 bits per heavy atom. The van der Waals surface area contributed by atoms with Crippen LogP contribution in [0.15, 0.2) is 53.5 Å². The first kappa shape index (κ1) is 21.6. The summed E-state index contributed by atoms with van der Waals surface area (Å²) in [6, 6.07) is 13.5. The van der Waals surface area contributed by atoms with Crippen molar-refractivity contribution in [2.75, 3.05) is 31.2 Å². The molecule has 3 aromatic rings. The number of fused-ring (bicyclic) bond motifs is 1. The maximum absolute atomic E-state index is 15.1. The fourth-order valence-corrected chi connectivity index (χ4v) is 5.08. The molecule has 1 aromatic heterocycles. The molecular formula is C27H30FN3O3. The first-order valence-electron chi connectivity index (χ1n) is 12.3. The highest BCUT2D eigenvalue weighted by Gasteiger charge is 2.30. The molecule has 2 aliphatic heterocycles. The van der Waals surface area contributed by atoms with Crippen LogP contribution < -0.4 is 20.5 Å². The molecule has 2 saturated heterocycles. The molecule has 6 rings (SSSR count). The maximum atomic E-state index is 15.1. The lowest BCUT2D eigenvalue weighted by Crippen LogP contribution is -2.34. The first-order chi connectivity index (χ1) is 16.6. The second-order valence-corrected chi connectivity index (χ2v) is 9.69. The minimum absolute atomic E-state index is 0.141. The van der Waals surface area contributed by atoms with E-state index in [4.69, 9.17) is 9.47 Å². The Kier molecular flexibility index (Phi) is 5.75. The van der Waals surface area contributed by atoms with Gasteiger partial charge in [-0.15, -0.1) is 0 Å². The van der Waals surface area contributed by atoms with Gasteiger partial charge >= 0.3 is 0 Å². The molecule has 1 aliphatic carbocycles. The third kappa shape index (κ3) is 4.42. The van der Waals surface area contributed by atoms with E-state index in [-0.39, 0.29) is 17.5 Å². The smallest absolute Gasteiger partial charge is 0.262 e. The molecule has 178 valence electrons. The summed E-state index contributed by atoms with van der Waals surface area (Å²) in [7, 11) is 0. The molecule has 1 N–H and O–H groups in total. The average molecular weight is 464 g/mol. The maximum Gasteiger partial charge on any atom is 0.262 e. The predicted molar refractivity (Wildman–Crippen MR) is 131 cm³/mol. The van der Waals surface area contributed by atoms with Gasteiger partial charge < -0.3 is 19.7 Å². The van der Waals surface area contributed by atoms with Gasteiger partial charge in [-0.1, -0.05) is 0 Å². The van der Waals surface area contributed by atoms with Crippen molar-refractivity contribution in [2.24, 2.45) is 0 Å². The molecule has 2 atom stereocenters. The second-order valence-electron chi connectivity index (χ2n) is 9.69. The van der Waals surface area contributed by atoms with Crippen LogP contribution in [0.25, 0.3) is 16.5 Å². The fourth-order valence-electron chi connectivity index (χ4n) is 5.08. The summed E-state index contributed by atoms with van der Waals surface area (Å²) < 4.78 is 28.1. The summed E-state index contributed by atoms with van der Waals surface area (Å²) in [4.78, 5) is 15.3. The summed E-state index contributed by atoms with van der Waals surface area (Å²) in [6.45, 7) is 2.97. The third-order valence-electron chi connectivity index (χ3n) is 7.12. The van der Waals surface area contributed by atoms with Gasteiger partial charge in [0.05, 0.1) is 17.5 Å². The summed E-state index contributed by atoms with van der Waals surface area (Å²) in [5.74, 6) is 0.421. The summed E-state index contributed by atoms with van der Waals surface area (Å²) in [6.07, 6.45) is 7.47. The van der Waals surface area contributed by atoms with Gasteiger partial charge in [-0.2, -0.15) is 0 Å². The minimum Gasteiger partial charge on any atom is -0.491 e. The van der Waals surface area contributed by atoms with Crippen LogP contribution in [0, 0.1) is 5.82 Å². The van der Waals surface area contributed by atoms with Crippen LogP contribution in [0.5, 0.6) is 5.75 Å². The van der Waals surface area contributed by atoms with Crippen molar-refractivity contribution in [3.63, 3.8) is 0 Å². The molecule has 1 saturated carbocycles. The number of nitrogens with one attached hydrogen (secondary N) is 1. The van der Waals surface area contributed by atoms with Crippen LogP contribution in [0.2, 0.25) is 0 Å². The normalized spacial score (nSPS) is 22.6. The largest absolute Gasteiger partial charge is 0.491 e. The number of halogens is 1. The van der Waals surface area contributed by atoms with Gasteiger partial charge in [0.2, 0.25) is 0 Å². The van der Waals surface area contributed by atoms with Gasteiger partial charge in [0, 0.05) is 49.4 Å². The van der Waals surface area contributed by atoms with E-state index >= 15 is 4.39 Å². The van der Waals surface area contributed by atoms with Gasteiger partial charge in [-0.05, 0) is 73.9 Å². The lowest BCUT2D eigenvalue weighted by atomic mass is 10.1. The van der Waals surface area contributed by atoms with E-state index in [1.54, 1.807) is 18.3 Å². The zero-order valence-corrected chi connectivity index (χ0v) is 19.2. The molecule has 7 heteroatoms. The predicted octanol–water partition coefficient (Wildman–Crippen LogP) is 4.02. The average Bonchev–Trinajstić information content (AvgIpc) is 3.29. The highest BCUT2D eigenvalue weighted by atomic mass is 19.1. The fraction of sp³-hybridized carbons (Fsp3) is 0.444. The molecular weight excluding hydrogens is 433 g/mol. The topological polar surface area (TPSA) is 55.7 Å². The Morgan fingerprint density at radius 1 is 1.06 bits per heavy atom. The molecule has 0 radical (unpaired) electrons. The van der Waals surface area contributed by atoms with Crippen LogP contribution >= 0.6 is 0 Å². The lowest BCUT2D eigenvalue weighted by Gasteiger charge is -2.20. The zero-order valence-electron chi connectivity index (χ0n) is 19.2. The number of anilines is 1. The minimum atomic E-state index is -0.297. The van der Waals surface area contributed by atoms with Crippen molar-refractivity contribution < 1.29 is 13.9 Å². The standard InChI is InChI=1S/C27H30FN3O3/c28-25-15-21(5-8-26(25)30-11-10-20(16-30)29-19-3-4-19)31-12-9-18-14-22(6-7-24(18)27(31)32)34-17-23-2-1-13-33-23/h5-9,12,14-15,19-20,23,29H,1-4,10-11,13,16-17H2/t20?,23-/m1/s1. The van der Waals surface area contributed by atoms with Crippen LogP contribution in [0.1, 0.15) is 32.1 Å².